The molecule has 0 aliphatic rings. The van der Waals surface area contributed by atoms with Gasteiger partial charge in [-0.3, -0.25) is 0 Å². The highest BCUT2D eigenvalue weighted by atomic mass is 16.5. The van der Waals surface area contributed by atoms with E-state index in [1.165, 1.54) is 0 Å². The molecule has 4 nitrogen and oxygen atoms in total. The second-order valence-corrected chi connectivity index (χ2v) is 3.32. The average molecular weight is 197 g/mol. The lowest BCUT2D eigenvalue weighted by atomic mass is 10.3. The Morgan fingerprint density at radius 3 is 3.07 bits per heavy atom. The van der Waals surface area contributed by atoms with E-state index in [0.717, 1.165) is 26.3 Å². The Bertz CT molecular complexity index is 223. The summed E-state index contributed by atoms with van der Waals surface area (Å²) in [6, 6.07) is 0.415. The molecular weight excluding hydrogens is 178 g/mol. The Labute approximate surface area is 85.3 Å². The van der Waals surface area contributed by atoms with E-state index in [2.05, 4.69) is 21.8 Å². The van der Waals surface area contributed by atoms with Crippen molar-refractivity contribution in [2.24, 2.45) is 0 Å². The molecule has 80 valence electrons. The van der Waals surface area contributed by atoms with Crippen molar-refractivity contribution >= 4 is 0 Å². The van der Waals surface area contributed by atoms with Gasteiger partial charge in [-0.15, -0.1) is 0 Å². The minimum atomic E-state index is 0.415. The summed E-state index contributed by atoms with van der Waals surface area (Å²) >= 11 is 0. The lowest BCUT2D eigenvalue weighted by molar-refractivity contribution is 0.127. The zero-order chi connectivity index (χ0) is 10.2. The molecule has 1 atom stereocenters. The monoisotopic (exact) mass is 197 g/mol. The third-order valence-corrected chi connectivity index (χ3v) is 1.99. The van der Waals surface area contributed by atoms with Crippen LogP contribution in [-0.2, 0) is 11.3 Å². The van der Waals surface area contributed by atoms with Crippen LogP contribution in [0, 0.1) is 0 Å². The molecule has 0 amide bonds. The molecule has 0 aliphatic heterocycles. The summed E-state index contributed by atoms with van der Waals surface area (Å²) in [5.41, 5.74) is 0. The highest BCUT2D eigenvalue weighted by Crippen LogP contribution is 1.87. The van der Waals surface area contributed by atoms with E-state index < -0.39 is 0 Å². The normalized spacial score (nSPS) is 13.0. The molecule has 1 rings (SSSR count). The van der Waals surface area contributed by atoms with Gasteiger partial charge in [0.05, 0.1) is 12.9 Å². The van der Waals surface area contributed by atoms with Crippen LogP contribution in [0.15, 0.2) is 18.7 Å². The van der Waals surface area contributed by atoms with Gasteiger partial charge in [0, 0.05) is 38.1 Å². The minimum Gasteiger partial charge on any atom is -0.380 e. The number of hydrogen-bond acceptors (Lipinski definition) is 3. The SMILES string of the molecule is CCOCC(C)NCCn1ccnc1. The molecule has 0 aromatic carbocycles. The smallest absolute Gasteiger partial charge is 0.0946 e. The standard InChI is InChI=1S/C10H19N3O/c1-3-14-8-10(2)12-5-7-13-6-4-11-9-13/h4,6,9-10,12H,3,5,7-8H2,1-2H3. The molecular formula is C10H19N3O. The van der Waals surface area contributed by atoms with E-state index >= 15 is 0 Å². The molecule has 4 heteroatoms. The summed E-state index contributed by atoms with van der Waals surface area (Å²) in [6.45, 7) is 7.61. The van der Waals surface area contributed by atoms with Gasteiger partial charge in [0.15, 0.2) is 0 Å². The Kier molecular flexibility index (Phi) is 5.25. The fourth-order valence-electron chi connectivity index (χ4n) is 1.21. The van der Waals surface area contributed by atoms with Crippen molar-refractivity contribution in [3.63, 3.8) is 0 Å². The van der Waals surface area contributed by atoms with E-state index in [9.17, 15) is 0 Å². The summed E-state index contributed by atoms with van der Waals surface area (Å²) in [4.78, 5) is 3.98. The van der Waals surface area contributed by atoms with Crippen molar-refractivity contribution in [2.45, 2.75) is 26.4 Å². The molecule has 1 aromatic heterocycles. The number of hydrogen-bond donors (Lipinski definition) is 1. The molecule has 1 N–H and O–H groups in total. The lowest BCUT2D eigenvalue weighted by Crippen LogP contribution is -2.33. The molecule has 1 heterocycles. The van der Waals surface area contributed by atoms with Crippen molar-refractivity contribution < 1.29 is 4.74 Å². The van der Waals surface area contributed by atoms with Crippen molar-refractivity contribution in [2.75, 3.05) is 19.8 Å². The molecule has 0 fully saturated rings. The first-order chi connectivity index (χ1) is 6.83. The van der Waals surface area contributed by atoms with Gasteiger partial charge in [-0.2, -0.15) is 0 Å². The molecule has 0 saturated carbocycles. The molecule has 1 aromatic rings. The predicted molar refractivity (Wildman–Crippen MR) is 56.2 cm³/mol. The van der Waals surface area contributed by atoms with Gasteiger partial charge in [-0.05, 0) is 13.8 Å². The maximum atomic E-state index is 5.30. The number of aromatic nitrogens is 2. The van der Waals surface area contributed by atoms with E-state index in [4.69, 9.17) is 4.74 Å². The average Bonchev–Trinajstić information content (AvgIpc) is 2.67. The van der Waals surface area contributed by atoms with Crippen LogP contribution in [0.5, 0.6) is 0 Å². The van der Waals surface area contributed by atoms with Crippen molar-refractivity contribution in [3.8, 4) is 0 Å². The molecule has 1 unspecified atom stereocenters. The Morgan fingerprint density at radius 1 is 1.57 bits per heavy atom. The number of imidazole rings is 1. The summed E-state index contributed by atoms with van der Waals surface area (Å²) < 4.78 is 7.36. The fourth-order valence-corrected chi connectivity index (χ4v) is 1.21. The fraction of sp³-hybridized carbons (Fsp3) is 0.700. The number of nitrogens with zero attached hydrogens (tertiary/aromatic N) is 2. The lowest BCUT2D eigenvalue weighted by Gasteiger charge is -2.13. The maximum Gasteiger partial charge on any atom is 0.0946 e. The summed E-state index contributed by atoms with van der Waals surface area (Å²) in [7, 11) is 0. The molecule has 14 heavy (non-hydrogen) atoms. The van der Waals surface area contributed by atoms with Crippen LogP contribution in [0.4, 0.5) is 0 Å². The van der Waals surface area contributed by atoms with Crippen LogP contribution in [-0.4, -0.2) is 35.4 Å². The third-order valence-electron chi connectivity index (χ3n) is 1.99. The van der Waals surface area contributed by atoms with Crippen LogP contribution >= 0.6 is 0 Å². The third kappa shape index (κ3) is 4.39. The molecule has 0 bridgehead atoms. The Morgan fingerprint density at radius 2 is 2.43 bits per heavy atom. The van der Waals surface area contributed by atoms with Gasteiger partial charge in [0.25, 0.3) is 0 Å². The highest BCUT2D eigenvalue weighted by molar-refractivity contribution is 4.74. The first kappa shape index (κ1) is 11.2. The Balaban J connectivity index is 2.03. The quantitative estimate of drug-likeness (QED) is 0.706. The first-order valence-electron chi connectivity index (χ1n) is 5.09. The van der Waals surface area contributed by atoms with Gasteiger partial charge in [-0.1, -0.05) is 0 Å². The number of ether oxygens (including phenoxy) is 1. The van der Waals surface area contributed by atoms with E-state index in [1.54, 1.807) is 6.20 Å². The zero-order valence-electron chi connectivity index (χ0n) is 8.94. The van der Waals surface area contributed by atoms with Crippen LogP contribution in [0.3, 0.4) is 0 Å². The minimum absolute atomic E-state index is 0.415. The largest absolute Gasteiger partial charge is 0.380 e. The summed E-state index contributed by atoms with van der Waals surface area (Å²) in [6.07, 6.45) is 5.59. The highest BCUT2D eigenvalue weighted by Gasteiger charge is 1.99. The Hall–Kier alpha value is -0.870. The van der Waals surface area contributed by atoms with Crippen LogP contribution in [0.1, 0.15) is 13.8 Å². The molecule has 0 aliphatic carbocycles. The predicted octanol–water partition coefficient (Wildman–Crippen LogP) is 0.898. The van der Waals surface area contributed by atoms with Crippen molar-refractivity contribution in [1.82, 2.24) is 14.9 Å². The zero-order valence-corrected chi connectivity index (χ0v) is 8.94. The van der Waals surface area contributed by atoms with E-state index in [1.807, 2.05) is 19.4 Å². The van der Waals surface area contributed by atoms with E-state index in [0.29, 0.717) is 6.04 Å². The molecule has 0 radical (unpaired) electrons. The van der Waals surface area contributed by atoms with Crippen LogP contribution in [0.25, 0.3) is 0 Å². The van der Waals surface area contributed by atoms with Gasteiger partial charge < -0.3 is 14.6 Å². The van der Waals surface area contributed by atoms with Crippen LogP contribution in [0.2, 0.25) is 0 Å². The second-order valence-electron chi connectivity index (χ2n) is 3.32. The summed E-state index contributed by atoms with van der Waals surface area (Å²) in [5.74, 6) is 0. The maximum absolute atomic E-state index is 5.30. The van der Waals surface area contributed by atoms with Gasteiger partial charge in [0.2, 0.25) is 0 Å². The number of rotatable bonds is 7. The molecule has 0 spiro atoms. The van der Waals surface area contributed by atoms with Gasteiger partial charge >= 0.3 is 0 Å². The van der Waals surface area contributed by atoms with Gasteiger partial charge in [-0.25, -0.2) is 4.98 Å². The van der Waals surface area contributed by atoms with Crippen molar-refractivity contribution in [3.05, 3.63) is 18.7 Å². The van der Waals surface area contributed by atoms with E-state index in [-0.39, 0.29) is 0 Å². The summed E-state index contributed by atoms with van der Waals surface area (Å²) in [5, 5.41) is 3.38. The van der Waals surface area contributed by atoms with Crippen molar-refractivity contribution in [1.29, 1.82) is 0 Å². The topological polar surface area (TPSA) is 39.1 Å². The first-order valence-corrected chi connectivity index (χ1v) is 5.09. The molecule has 0 saturated heterocycles. The second kappa shape index (κ2) is 6.56. The van der Waals surface area contributed by atoms with Gasteiger partial charge in [0.1, 0.15) is 0 Å². The van der Waals surface area contributed by atoms with Crippen LogP contribution < -0.4 is 5.32 Å². The number of nitrogens with one attached hydrogen (secondary N) is 1.